The smallest absolute Gasteiger partial charge is 0.257 e. The van der Waals surface area contributed by atoms with Crippen molar-refractivity contribution in [3.63, 3.8) is 0 Å². The Morgan fingerprint density at radius 3 is 2.42 bits per heavy atom. The number of sulfonamides is 1. The molecule has 9 nitrogen and oxygen atoms in total. The van der Waals surface area contributed by atoms with Crippen molar-refractivity contribution < 1.29 is 27.2 Å². The number of carbonyl (C=O) groups excluding carboxylic acids is 3. The van der Waals surface area contributed by atoms with E-state index in [4.69, 9.17) is 5.14 Å². The number of hydrogen-bond acceptors (Lipinski definition) is 5. The van der Waals surface area contributed by atoms with Crippen molar-refractivity contribution in [1.29, 1.82) is 0 Å². The van der Waals surface area contributed by atoms with Crippen LogP contribution < -0.4 is 10.0 Å². The summed E-state index contributed by atoms with van der Waals surface area (Å²) in [5.41, 5.74) is 1.75. The summed E-state index contributed by atoms with van der Waals surface area (Å²) in [7, 11) is -3.96. The Bertz CT molecular complexity index is 1670. The number of benzene rings is 3. The fraction of sp³-hybridized carbons (Fsp3) is 0.148. The van der Waals surface area contributed by atoms with Crippen molar-refractivity contribution in [2.45, 2.75) is 23.8 Å². The van der Waals surface area contributed by atoms with E-state index in [0.29, 0.717) is 6.42 Å². The molecule has 3 N–H and O–H groups in total. The minimum Gasteiger partial charge on any atom is -0.361 e. The Kier molecular flexibility index (Phi) is 6.55. The monoisotopic (exact) mass is 534 g/mol. The second-order valence-corrected chi connectivity index (χ2v) is 10.5. The van der Waals surface area contributed by atoms with Crippen molar-refractivity contribution in [3.05, 3.63) is 95.9 Å². The highest BCUT2D eigenvalue weighted by Gasteiger charge is 2.44. The molecule has 1 atom stereocenters. The zero-order valence-corrected chi connectivity index (χ0v) is 20.8. The molecule has 1 aliphatic rings. The van der Waals surface area contributed by atoms with Crippen LogP contribution in [0.2, 0.25) is 0 Å². The van der Waals surface area contributed by atoms with E-state index >= 15 is 0 Å². The van der Waals surface area contributed by atoms with E-state index in [9.17, 15) is 27.2 Å². The van der Waals surface area contributed by atoms with E-state index in [1.54, 1.807) is 0 Å². The van der Waals surface area contributed by atoms with Gasteiger partial charge in [0.25, 0.3) is 11.8 Å². The van der Waals surface area contributed by atoms with Crippen molar-refractivity contribution in [2.75, 3.05) is 11.4 Å². The van der Waals surface area contributed by atoms with Crippen molar-refractivity contribution in [2.24, 2.45) is 5.14 Å². The molecule has 38 heavy (non-hydrogen) atoms. The van der Waals surface area contributed by atoms with Crippen LogP contribution in [0.25, 0.3) is 10.9 Å². The Morgan fingerprint density at radius 2 is 1.71 bits per heavy atom. The molecule has 1 aromatic heterocycles. The van der Waals surface area contributed by atoms with Gasteiger partial charge >= 0.3 is 0 Å². The molecule has 1 aliphatic heterocycles. The third kappa shape index (κ3) is 4.69. The summed E-state index contributed by atoms with van der Waals surface area (Å²) in [5, 5.41) is 6.09. The molecule has 4 aromatic rings. The van der Waals surface area contributed by atoms with E-state index in [1.165, 1.54) is 47.4 Å². The van der Waals surface area contributed by atoms with E-state index in [2.05, 4.69) is 4.98 Å². The summed E-state index contributed by atoms with van der Waals surface area (Å²) in [6.07, 6.45) is 1.87. The lowest BCUT2D eigenvalue weighted by Gasteiger charge is -2.28. The van der Waals surface area contributed by atoms with Gasteiger partial charge in [0.1, 0.15) is 11.9 Å². The number of nitrogens with two attached hydrogens (primary N) is 1. The Labute approximate surface area is 217 Å². The van der Waals surface area contributed by atoms with Gasteiger partial charge in [0.05, 0.1) is 22.6 Å². The van der Waals surface area contributed by atoms with Crippen molar-refractivity contribution >= 4 is 44.3 Å². The molecule has 0 saturated carbocycles. The predicted molar refractivity (Wildman–Crippen MR) is 138 cm³/mol. The molecule has 1 fully saturated rings. The van der Waals surface area contributed by atoms with Crippen LogP contribution in [-0.4, -0.2) is 48.6 Å². The van der Waals surface area contributed by atoms with E-state index in [0.717, 1.165) is 27.4 Å². The number of H-pyrrole nitrogens is 1. The van der Waals surface area contributed by atoms with Gasteiger partial charge in [0.15, 0.2) is 0 Å². The molecule has 1 unspecified atom stereocenters. The van der Waals surface area contributed by atoms with Gasteiger partial charge in [-0.1, -0.05) is 30.3 Å². The number of aromatic amines is 1. The molecule has 5 rings (SSSR count). The number of carbonyl (C=O) groups is 3. The molecule has 194 valence electrons. The number of fused-ring (bicyclic) bond motifs is 1. The second-order valence-electron chi connectivity index (χ2n) is 8.91. The molecule has 2 heterocycles. The number of nitrogens with one attached hydrogen (secondary N) is 1. The Balaban J connectivity index is 1.46. The lowest BCUT2D eigenvalue weighted by molar-refractivity contribution is -0.122. The number of para-hydroxylation sites is 1. The number of hydrogen-bond donors (Lipinski definition) is 2. The summed E-state index contributed by atoms with van der Waals surface area (Å²) in [6.45, 7) is 0.0525. The van der Waals surface area contributed by atoms with Crippen molar-refractivity contribution in [3.8, 4) is 0 Å². The predicted octanol–water partition coefficient (Wildman–Crippen LogP) is 2.97. The molecule has 3 aromatic carbocycles. The molecule has 11 heteroatoms. The van der Waals surface area contributed by atoms with Gasteiger partial charge in [0, 0.05) is 23.6 Å². The highest BCUT2D eigenvalue weighted by molar-refractivity contribution is 7.89. The van der Waals surface area contributed by atoms with Crippen LogP contribution in [0.4, 0.5) is 10.1 Å². The molecule has 3 amide bonds. The van der Waals surface area contributed by atoms with E-state index in [1.807, 2.05) is 30.5 Å². The number of nitrogens with zero attached hydrogens (tertiary/aromatic N) is 2. The summed E-state index contributed by atoms with van der Waals surface area (Å²) >= 11 is 0. The van der Waals surface area contributed by atoms with E-state index in [-0.39, 0.29) is 29.1 Å². The average Bonchev–Trinajstić information content (AvgIpc) is 3.44. The molecule has 0 bridgehead atoms. The number of rotatable bonds is 7. The summed E-state index contributed by atoms with van der Waals surface area (Å²) in [5.74, 6) is -2.67. The van der Waals surface area contributed by atoms with Gasteiger partial charge in [-0.3, -0.25) is 14.4 Å². The number of anilines is 1. The number of primary sulfonamides is 1. The summed E-state index contributed by atoms with van der Waals surface area (Å²) < 4.78 is 37.7. The zero-order chi connectivity index (χ0) is 27.0. The average molecular weight is 535 g/mol. The number of aromatic nitrogens is 1. The minimum atomic E-state index is -3.96. The second kappa shape index (κ2) is 9.84. The lowest BCUT2D eigenvalue weighted by Crippen LogP contribution is -2.46. The zero-order valence-electron chi connectivity index (χ0n) is 20.0. The molecular weight excluding hydrogens is 511 g/mol. The minimum absolute atomic E-state index is 0.0525. The SMILES string of the molecule is NS(=O)(=O)c1ccc(N2C(=O)CC(N(CCc3c[nH]c4ccccc34)C(=O)c3ccccc3F)C2=O)cc1. The normalized spacial score (nSPS) is 15.8. The van der Waals surface area contributed by atoms with Gasteiger partial charge in [-0.25, -0.2) is 22.8 Å². The van der Waals surface area contributed by atoms with Crippen LogP contribution in [0.15, 0.2) is 83.9 Å². The van der Waals surface area contributed by atoms with Crippen LogP contribution in [0, 0.1) is 5.82 Å². The van der Waals surface area contributed by atoms with Gasteiger partial charge < -0.3 is 9.88 Å². The first-order valence-corrected chi connectivity index (χ1v) is 13.3. The van der Waals surface area contributed by atoms with Gasteiger partial charge in [-0.15, -0.1) is 0 Å². The highest BCUT2D eigenvalue weighted by Crippen LogP contribution is 2.29. The van der Waals surface area contributed by atoms with Crippen LogP contribution >= 0.6 is 0 Å². The van der Waals surface area contributed by atoms with Gasteiger partial charge in [-0.2, -0.15) is 0 Å². The maximum absolute atomic E-state index is 14.6. The molecule has 0 radical (unpaired) electrons. The van der Waals surface area contributed by atoms with Gasteiger partial charge in [0.2, 0.25) is 15.9 Å². The Morgan fingerprint density at radius 1 is 1.03 bits per heavy atom. The maximum atomic E-state index is 14.6. The number of halogens is 1. The first kappa shape index (κ1) is 25.3. The molecular formula is C27H23FN4O5S. The quantitative estimate of drug-likeness (QED) is 0.352. The first-order chi connectivity index (χ1) is 18.1. The number of imide groups is 1. The third-order valence-electron chi connectivity index (χ3n) is 6.58. The summed E-state index contributed by atoms with van der Waals surface area (Å²) in [6, 6.07) is 16.9. The summed E-state index contributed by atoms with van der Waals surface area (Å²) in [4.78, 5) is 45.1. The topological polar surface area (TPSA) is 134 Å². The lowest BCUT2D eigenvalue weighted by atomic mass is 10.1. The van der Waals surface area contributed by atoms with Crippen LogP contribution in [-0.2, 0) is 26.0 Å². The Hall–Kier alpha value is -4.35. The standard InChI is InChI=1S/C27H23FN4O5S/c28-22-7-3-1-6-21(22)26(34)31(14-13-17-16-30-23-8-4-2-5-20(17)23)24-15-25(33)32(27(24)35)18-9-11-19(12-10-18)38(29,36)37/h1-12,16,24,30H,13-15H2,(H2,29,36,37). The molecule has 1 saturated heterocycles. The fourth-order valence-corrected chi connectivity index (χ4v) is 5.20. The maximum Gasteiger partial charge on any atom is 0.257 e. The van der Waals surface area contributed by atoms with Crippen molar-refractivity contribution in [1.82, 2.24) is 9.88 Å². The largest absolute Gasteiger partial charge is 0.361 e. The first-order valence-electron chi connectivity index (χ1n) is 11.8. The third-order valence-corrected chi connectivity index (χ3v) is 7.51. The van der Waals surface area contributed by atoms with Crippen LogP contribution in [0.5, 0.6) is 0 Å². The highest BCUT2D eigenvalue weighted by atomic mass is 32.2. The van der Waals surface area contributed by atoms with Crippen LogP contribution in [0.1, 0.15) is 22.3 Å². The van der Waals surface area contributed by atoms with E-state index < -0.39 is 39.6 Å². The van der Waals surface area contributed by atoms with Crippen LogP contribution in [0.3, 0.4) is 0 Å². The molecule has 0 spiro atoms. The number of amides is 3. The fourth-order valence-electron chi connectivity index (χ4n) is 4.68. The molecule has 0 aliphatic carbocycles. The van der Waals surface area contributed by atoms with Gasteiger partial charge in [-0.05, 0) is 54.4 Å².